The lowest BCUT2D eigenvalue weighted by Crippen LogP contribution is -2.42. The van der Waals surface area contributed by atoms with Crippen LogP contribution < -0.4 is 15.6 Å². The number of carbonyl (C=O) groups excluding carboxylic acids is 2. The summed E-state index contributed by atoms with van der Waals surface area (Å²) in [6.07, 6.45) is 1.96. The number of hydrazine groups is 1. The Labute approximate surface area is 183 Å². The summed E-state index contributed by atoms with van der Waals surface area (Å²) in [5, 5.41) is 1.67. The SMILES string of the molecule is Cc1ccc(OCc2nc(C)c(C(=O)NNC(=O)Cc3c[nH]c4ccccc34)s2)cc1. The van der Waals surface area contributed by atoms with E-state index in [1.165, 1.54) is 11.3 Å². The van der Waals surface area contributed by atoms with E-state index in [2.05, 4.69) is 20.8 Å². The first-order valence-corrected chi connectivity index (χ1v) is 10.6. The van der Waals surface area contributed by atoms with Crippen LogP contribution in [0, 0.1) is 13.8 Å². The van der Waals surface area contributed by atoms with Gasteiger partial charge in [-0.25, -0.2) is 4.98 Å². The number of carbonyl (C=O) groups is 2. The van der Waals surface area contributed by atoms with E-state index in [0.29, 0.717) is 15.6 Å². The van der Waals surface area contributed by atoms with Crippen LogP contribution in [0.15, 0.2) is 54.7 Å². The molecule has 158 valence electrons. The number of amides is 2. The average Bonchev–Trinajstić information content (AvgIpc) is 3.35. The molecule has 0 spiro atoms. The van der Waals surface area contributed by atoms with Crippen LogP contribution in [-0.4, -0.2) is 21.8 Å². The number of H-pyrrole nitrogens is 1. The number of hydrogen-bond acceptors (Lipinski definition) is 5. The summed E-state index contributed by atoms with van der Waals surface area (Å²) < 4.78 is 5.73. The first-order valence-electron chi connectivity index (χ1n) is 9.79. The Morgan fingerprint density at radius 2 is 1.84 bits per heavy atom. The lowest BCUT2D eigenvalue weighted by atomic mass is 10.1. The zero-order chi connectivity index (χ0) is 21.8. The van der Waals surface area contributed by atoms with Gasteiger partial charge in [0, 0.05) is 17.1 Å². The number of aromatic amines is 1. The molecule has 8 heteroatoms. The van der Waals surface area contributed by atoms with Crippen molar-refractivity contribution in [2.75, 3.05) is 0 Å². The number of para-hydroxylation sites is 1. The summed E-state index contributed by atoms with van der Waals surface area (Å²) in [5.41, 5.74) is 8.54. The summed E-state index contributed by atoms with van der Waals surface area (Å²) >= 11 is 1.24. The third kappa shape index (κ3) is 4.92. The topological polar surface area (TPSA) is 96.1 Å². The van der Waals surface area contributed by atoms with Crippen molar-refractivity contribution in [3.05, 3.63) is 81.4 Å². The van der Waals surface area contributed by atoms with Crippen molar-refractivity contribution in [2.24, 2.45) is 0 Å². The van der Waals surface area contributed by atoms with Crippen LogP contribution in [0.3, 0.4) is 0 Å². The third-order valence-electron chi connectivity index (χ3n) is 4.77. The van der Waals surface area contributed by atoms with Crippen LogP contribution in [0.25, 0.3) is 10.9 Å². The van der Waals surface area contributed by atoms with E-state index >= 15 is 0 Å². The van der Waals surface area contributed by atoms with Gasteiger partial charge in [0.25, 0.3) is 5.91 Å². The van der Waals surface area contributed by atoms with E-state index in [0.717, 1.165) is 27.8 Å². The molecule has 2 heterocycles. The molecule has 0 aliphatic carbocycles. The molecule has 0 radical (unpaired) electrons. The summed E-state index contributed by atoms with van der Waals surface area (Å²) in [6.45, 7) is 4.04. The van der Waals surface area contributed by atoms with Crippen molar-refractivity contribution in [1.82, 2.24) is 20.8 Å². The highest BCUT2D eigenvalue weighted by molar-refractivity contribution is 7.13. The number of fused-ring (bicyclic) bond motifs is 1. The molecule has 0 atom stereocenters. The molecule has 4 rings (SSSR count). The molecule has 4 aromatic rings. The number of aromatic nitrogens is 2. The third-order valence-corrected chi connectivity index (χ3v) is 5.90. The predicted octanol–water partition coefficient (Wildman–Crippen LogP) is 3.82. The highest BCUT2D eigenvalue weighted by Crippen LogP contribution is 2.21. The molecular formula is C23H22N4O3S. The smallest absolute Gasteiger partial charge is 0.281 e. The molecule has 31 heavy (non-hydrogen) atoms. The molecule has 0 aliphatic heterocycles. The largest absolute Gasteiger partial charge is 0.486 e. The van der Waals surface area contributed by atoms with E-state index in [1.54, 1.807) is 13.1 Å². The van der Waals surface area contributed by atoms with Crippen LogP contribution in [0.4, 0.5) is 0 Å². The maximum atomic E-state index is 12.5. The van der Waals surface area contributed by atoms with Gasteiger partial charge >= 0.3 is 0 Å². The fourth-order valence-electron chi connectivity index (χ4n) is 3.18. The monoisotopic (exact) mass is 434 g/mol. The van der Waals surface area contributed by atoms with Crippen molar-refractivity contribution in [2.45, 2.75) is 26.9 Å². The van der Waals surface area contributed by atoms with Gasteiger partial charge in [-0.2, -0.15) is 0 Å². The first kappa shape index (κ1) is 20.6. The number of ether oxygens (including phenoxy) is 1. The van der Waals surface area contributed by atoms with E-state index < -0.39 is 5.91 Å². The zero-order valence-corrected chi connectivity index (χ0v) is 18.0. The van der Waals surface area contributed by atoms with Gasteiger partial charge in [0.05, 0.1) is 12.1 Å². The Bertz CT molecular complexity index is 1230. The molecule has 2 aromatic heterocycles. The van der Waals surface area contributed by atoms with Crippen molar-refractivity contribution < 1.29 is 14.3 Å². The lowest BCUT2D eigenvalue weighted by molar-refractivity contribution is -0.121. The molecule has 2 aromatic carbocycles. The Morgan fingerprint density at radius 1 is 1.06 bits per heavy atom. The van der Waals surface area contributed by atoms with E-state index in [1.807, 2.05) is 55.5 Å². The number of nitrogens with zero attached hydrogens (tertiary/aromatic N) is 1. The Morgan fingerprint density at radius 3 is 2.65 bits per heavy atom. The Balaban J connectivity index is 1.32. The quantitative estimate of drug-likeness (QED) is 0.402. The van der Waals surface area contributed by atoms with E-state index in [4.69, 9.17) is 4.74 Å². The van der Waals surface area contributed by atoms with E-state index in [9.17, 15) is 9.59 Å². The van der Waals surface area contributed by atoms with Crippen LogP contribution in [0.1, 0.15) is 31.5 Å². The molecule has 0 aliphatic rings. The number of thiazole rings is 1. The van der Waals surface area contributed by atoms with Gasteiger partial charge in [0.15, 0.2) is 0 Å². The van der Waals surface area contributed by atoms with Crippen molar-refractivity contribution in [1.29, 1.82) is 0 Å². The summed E-state index contributed by atoms with van der Waals surface area (Å²) in [7, 11) is 0. The van der Waals surface area contributed by atoms with Gasteiger partial charge in [-0.1, -0.05) is 35.9 Å². The van der Waals surface area contributed by atoms with Crippen molar-refractivity contribution in [3.8, 4) is 5.75 Å². The Hall–Kier alpha value is -3.65. The number of hydrogen-bond donors (Lipinski definition) is 3. The van der Waals surface area contributed by atoms with Gasteiger partial charge in [0.1, 0.15) is 22.2 Å². The van der Waals surface area contributed by atoms with Crippen LogP contribution >= 0.6 is 11.3 Å². The molecular weight excluding hydrogens is 412 g/mol. The average molecular weight is 435 g/mol. The minimum Gasteiger partial charge on any atom is -0.486 e. The summed E-state index contributed by atoms with van der Waals surface area (Å²) in [6, 6.07) is 15.5. The Kier molecular flexibility index (Phi) is 5.99. The minimum atomic E-state index is -0.399. The van der Waals surface area contributed by atoms with Crippen LogP contribution in [0.5, 0.6) is 5.75 Å². The number of benzene rings is 2. The molecule has 0 saturated carbocycles. The normalized spacial score (nSPS) is 10.8. The number of aryl methyl sites for hydroxylation is 2. The molecule has 0 unspecified atom stereocenters. The molecule has 2 amide bonds. The predicted molar refractivity (Wildman–Crippen MR) is 120 cm³/mol. The zero-order valence-electron chi connectivity index (χ0n) is 17.2. The summed E-state index contributed by atoms with van der Waals surface area (Å²) in [5.74, 6) is 0.0426. The highest BCUT2D eigenvalue weighted by atomic mass is 32.1. The van der Waals surface area contributed by atoms with Gasteiger partial charge < -0.3 is 9.72 Å². The number of rotatable bonds is 6. The van der Waals surface area contributed by atoms with Crippen LogP contribution in [0.2, 0.25) is 0 Å². The second-order valence-corrected chi connectivity index (χ2v) is 8.25. The van der Waals surface area contributed by atoms with Crippen molar-refractivity contribution in [3.63, 3.8) is 0 Å². The lowest BCUT2D eigenvalue weighted by Gasteiger charge is -2.06. The van der Waals surface area contributed by atoms with Crippen molar-refractivity contribution >= 4 is 34.1 Å². The second-order valence-electron chi connectivity index (χ2n) is 7.16. The summed E-state index contributed by atoms with van der Waals surface area (Å²) in [4.78, 5) is 32.8. The van der Waals surface area contributed by atoms with Gasteiger partial charge in [-0.3, -0.25) is 20.4 Å². The molecule has 0 saturated heterocycles. The minimum absolute atomic E-state index is 0.154. The van der Waals surface area contributed by atoms with E-state index in [-0.39, 0.29) is 18.9 Å². The number of nitrogens with one attached hydrogen (secondary N) is 3. The first-order chi connectivity index (χ1) is 15.0. The molecule has 0 bridgehead atoms. The standard InChI is InChI=1S/C23H22N4O3S/c1-14-7-9-17(10-8-14)30-13-21-25-15(2)22(31-21)23(29)27-26-20(28)11-16-12-24-19-6-4-3-5-18(16)19/h3-10,12,24H,11,13H2,1-2H3,(H,26,28)(H,27,29). The van der Waals surface area contributed by atoms with Gasteiger partial charge in [0.2, 0.25) is 5.91 Å². The fourth-order valence-corrected chi connectivity index (χ4v) is 4.06. The highest BCUT2D eigenvalue weighted by Gasteiger charge is 2.17. The molecule has 3 N–H and O–H groups in total. The van der Waals surface area contributed by atoms with Gasteiger partial charge in [-0.05, 0) is 37.6 Å². The maximum Gasteiger partial charge on any atom is 0.281 e. The second kappa shape index (κ2) is 9.01. The molecule has 7 nitrogen and oxygen atoms in total. The maximum absolute atomic E-state index is 12.5. The molecule has 0 fully saturated rings. The fraction of sp³-hybridized carbons (Fsp3) is 0.174. The van der Waals surface area contributed by atoms with Gasteiger partial charge in [-0.15, -0.1) is 11.3 Å². The van der Waals surface area contributed by atoms with Crippen LogP contribution in [-0.2, 0) is 17.8 Å².